The Balaban J connectivity index is 2.43. The summed E-state index contributed by atoms with van der Waals surface area (Å²) >= 11 is 4.35. The van der Waals surface area contributed by atoms with Gasteiger partial charge in [0.05, 0.1) is 16.9 Å². The fraction of sp³-hybridized carbons (Fsp3) is 0. The second kappa shape index (κ2) is 3.55. The Hall–Kier alpha value is -1.14. The normalized spacial score (nSPS) is 10.4. The van der Waals surface area contributed by atoms with Crippen LogP contribution in [0, 0.1) is 0 Å². The minimum Gasteiger partial charge on any atom is -0.477 e. The molecule has 0 aliphatic rings. The largest absolute Gasteiger partial charge is 0.477 e. The summed E-state index contributed by atoms with van der Waals surface area (Å²) in [6, 6.07) is 1.73. The van der Waals surface area contributed by atoms with Crippen LogP contribution in [0.1, 0.15) is 9.67 Å². The van der Waals surface area contributed by atoms with Crippen LogP contribution in [0.15, 0.2) is 27.4 Å². The molecule has 2 aromatic heterocycles. The number of hydrogen-bond acceptors (Lipinski definition) is 4. The lowest BCUT2D eigenvalue weighted by Gasteiger charge is -1.88. The van der Waals surface area contributed by atoms with Crippen LogP contribution in [-0.2, 0) is 0 Å². The van der Waals surface area contributed by atoms with E-state index in [1.807, 2.05) is 0 Å². The van der Waals surface area contributed by atoms with E-state index in [0.717, 1.165) is 15.8 Å². The van der Waals surface area contributed by atoms with Gasteiger partial charge in [-0.2, -0.15) is 0 Å². The third kappa shape index (κ3) is 1.58. The predicted molar refractivity (Wildman–Crippen MR) is 54.5 cm³/mol. The number of furan rings is 1. The number of hydrogen-bond donors (Lipinski definition) is 1. The van der Waals surface area contributed by atoms with Gasteiger partial charge >= 0.3 is 5.97 Å². The van der Waals surface area contributed by atoms with E-state index >= 15 is 0 Å². The Morgan fingerprint density at radius 1 is 1.64 bits per heavy atom. The van der Waals surface area contributed by atoms with Gasteiger partial charge in [0, 0.05) is 0 Å². The first-order valence-corrected chi connectivity index (χ1v) is 5.22. The molecule has 0 atom stereocenters. The number of carboxylic acid groups (broad SMARTS) is 1. The molecule has 0 spiro atoms. The second-order valence-electron chi connectivity index (χ2n) is 2.43. The molecule has 0 radical (unpaired) electrons. The van der Waals surface area contributed by atoms with Crippen molar-refractivity contribution >= 4 is 33.2 Å². The maximum atomic E-state index is 10.6. The lowest BCUT2D eigenvalue weighted by Crippen LogP contribution is -1.89. The first kappa shape index (κ1) is 9.42. The minimum atomic E-state index is -0.976. The average Bonchev–Trinajstić information content (AvgIpc) is 2.71. The standard InChI is InChI=1S/C8H4BrNO3S/c9-4-1-2-13-6(4)7-10-3-5(14-7)8(11)12/h1-3H,(H,11,12). The van der Waals surface area contributed by atoms with Crippen LogP contribution in [0.5, 0.6) is 0 Å². The van der Waals surface area contributed by atoms with Crippen LogP contribution in [-0.4, -0.2) is 16.1 Å². The van der Waals surface area contributed by atoms with E-state index in [4.69, 9.17) is 9.52 Å². The third-order valence-corrected chi connectivity index (χ3v) is 3.14. The molecular weight excluding hydrogens is 270 g/mol. The highest BCUT2D eigenvalue weighted by Crippen LogP contribution is 2.32. The molecule has 0 aliphatic heterocycles. The van der Waals surface area contributed by atoms with Gasteiger partial charge in [0.15, 0.2) is 10.8 Å². The number of aromatic carboxylic acids is 1. The number of rotatable bonds is 2. The van der Waals surface area contributed by atoms with Crippen molar-refractivity contribution in [3.63, 3.8) is 0 Å². The van der Waals surface area contributed by atoms with E-state index in [2.05, 4.69) is 20.9 Å². The summed E-state index contributed by atoms with van der Waals surface area (Å²) in [4.78, 5) is 14.7. The second-order valence-corrected chi connectivity index (χ2v) is 4.32. The average molecular weight is 274 g/mol. The smallest absolute Gasteiger partial charge is 0.347 e. The summed E-state index contributed by atoms with van der Waals surface area (Å²) in [7, 11) is 0. The highest BCUT2D eigenvalue weighted by atomic mass is 79.9. The third-order valence-electron chi connectivity index (χ3n) is 1.53. The van der Waals surface area contributed by atoms with Gasteiger partial charge in [0.1, 0.15) is 4.88 Å². The van der Waals surface area contributed by atoms with Crippen LogP contribution in [0.3, 0.4) is 0 Å². The van der Waals surface area contributed by atoms with Crippen molar-refractivity contribution < 1.29 is 14.3 Å². The molecule has 2 heterocycles. The molecule has 2 aromatic rings. The van der Waals surface area contributed by atoms with Gasteiger partial charge in [-0.25, -0.2) is 9.78 Å². The maximum absolute atomic E-state index is 10.6. The lowest BCUT2D eigenvalue weighted by molar-refractivity contribution is 0.0702. The van der Waals surface area contributed by atoms with Crippen molar-refractivity contribution in [3.8, 4) is 10.8 Å². The molecule has 0 saturated heterocycles. The zero-order valence-corrected chi connectivity index (χ0v) is 9.13. The minimum absolute atomic E-state index is 0.198. The van der Waals surface area contributed by atoms with Crippen molar-refractivity contribution in [3.05, 3.63) is 27.9 Å². The highest BCUT2D eigenvalue weighted by molar-refractivity contribution is 9.10. The molecule has 0 saturated carbocycles. The number of halogens is 1. The number of aromatic nitrogens is 1. The quantitative estimate of drug-likeness (QED) is 0.914. The van der Waals surface area contributed by atoms with Gasteiger partial charge in [-0.15, -0.1) is 11.3 Å². The maximum Gasteiger partial charge on any atom is 0.347 e. The van der Waals surface area contributed by atoms with Crippen LogP contribution >= 0.6 is 27.3 Å². The lowest BCUT2D eigenvalue weighted by atomic mass is 10.5. The zero-order valence-electron chi connectivity index (χ0n) is 6.73. The molecule has 72 valence electrons. The molecule has 6 heteroatoms. The molecule has 1 N–H and O–H groups in total. The number of thiazole rings is 1. The van der Waals surface area contributed by atoms with Crippen LogP contribution in [0.4, 0.5) is 0 Å². The van der Waals surface area contributed by atoms with E-state index in [1.54, 1.807) is 6.07 Å². The first-order chi connectivity index (χ1) is 6.68. The van der Waals surface area contributed by atoms with Gasteiger partial charge in [0.25, 0.3) is 0 Å². The molecule has 14 heavy (non-hydrogen) atoms. The van der Waals surface area contributed by atoms with E-state index in [-0.39, 0.29) is 4.88 Å². The Kier molecular flexibility index (Phi) is 2.39. The van der Waals surface area contributed by atoms with Gasteiger partial charge in [-0.3, -0.25) is 0 Å². The Morgan fingerprint density at radius 2 is 2.43 bits per heavy atom. The van der Waals surface area contributed by atoms with E-state index in [9.17, 15) is 4.79 Å². The molecule has 0 fully saturated rings. The highest BCUT2D eigenvalue weighted by Gasteiger charge is 2.14. The summed E-state index contributed by atoms with van der Waals surface area (Å²) < 4.78 is 5.92. The molecule has 0 aromatic carbocycles. The predicted octanol–water partition coefficient (Wildman–Crippen LogP) is 2.86. The fourth-order valence-electron chi connectivity index (χ4n) is 0.924. The van der Waals surface area contributed by atoms with E-state index in [1.165, 1.54) is 12.5 Å². The molecule has 4 nitrogen and oxygen atoms in total. The molecule has 0 aliphatic carbocycles. The van der Waals surface area contributed by atoms with Crippen molar-refractivity contribution in [2.75, 3.05) is 0 Å². The summed E-state index contributed by atoms with van der Waals surface area (Å²) in [5.74, 6) is -0.418. The summed E-state index contributed by atoms with van der Waals surface area (Å²) in [6.45, 7) is 0. The van der Waals surface area contributed by atoms with Gasteiger partial charge < -0.3 is 9.52 Å². The summed E-state index contributed by atoms with van der Waals surface area (Å²) in [6.07, 6.45) is 2.83. The monoisotopic (exact) mass is 273 g/mol. The van der Waals surface area contributed by atoms with Crippen LogP contribution in [0.25, 0.3) is 10.8 Å². The number of carboxylic acids is 1. The molecule has 0 bridgehead atoms. The van der Waals surface area contributed by atoms with Gasteiger partial charge in [-0.1, -0.05) is 0 Å². The Bertz CT molecular complexity index is 476. The van der Waals surface area contributed by atoms with Gasteiger partial charge in [0.2, 0.25) is 0 Å². The van der Waals surface area contributed by atoms with E-state index in [0.29, 0.717) is 10.8 Å². The van der Waals surface area contributed by atoms with Crippen molar-refractivity contribution in [2.24, 2.45) is 0 Å². The van der Waals surface area contributed by atoms with Crippen molar-refractivity contribution in [1.82, 2.24) is 4.98 Å². The summed E-state index contributed by atoms with van der Waals surface area (Å²) in [5, 5.41) is 9.25. The molecule has 2 rings (SSSR count). The summed E-state index contributed by atoms with van der Waals surface area (Å²) in [5.41, 5.74) is 0. The van der Waals surface area contributed by atoms with Crippen LogP contribution < -0.4 is 0 Å². The van der Waals surface area contributed by atoms with Crippen molar-refractivity contribution in [1.29, 1.82) is 0 Å². The number of carbonyl (C=O) groups is 1. The molecule has 0 unspecified atom stereocenters. The first-order valence-electron chi connectivity index (χ1n) is 3.61. The van der Waals surface area contributed by atoms with Crippen molar-refractivity contribution in [2.45, 2.75) is 0 Å². The fourth-order valence-corrected chi connectivity index (χ4v) is 2.20. The van der Waals surface area contributed by atoms with Gasteiger partial charge in [-0.05, 0) is 22.0 Å². The zero-order chi connectivity index (χ0) is 10.1. The topological polar surface area (TPSA) is 63.3 Å². The Morgan fingerprint density at radius 3 is 2.93 bits per heavy atom. The number of nitrogens with zero attached hydrogens (tertiary/aromatic N) is 1. The molecule has 0 amide bonds. The van der Waals surface area contributed by atoms with Crippen LogP contribution in [0.2, 0.25) is 0 Å². The SMILES string of the molecule is O=C(O)c1cnc(-c2occc2Br)s1. The molecular formula is C8H4BrNO3S. The Labute approximate surface area is 91.3 Å². The van der Waals surface area contributed by atoms with E-state index < -0.39 is 5.97 Å².